The number of rotatable bonds is 3. The largest absolute Gasteiger partial charge is 0.341 e. The highest BCUT2D eigenvalue weighted by atomic mass is 16.2. The Morgan fingerprint density at radius 3 is 2.27 bits per heavy atom. The van der Waals surface area contributed by atoms with Gasteiger partial charge in [0, 0.05) is 7.05 Å². The number of amides is 2. The van der Waals surface area contributed by atoms with Gasteiger partial charge in [0.15, 0.2) is 0 Å². The molecule has 0 rings (SSSR count). The van der Waals surface area contributed by atoms with Gasteiger partial charge < -0.3 is 15.4 Å². The minimum atomic E-state index is -0.394. The van der Waals surface area contributed by atoms with Crippen LogP contribution in [-0.4, -0.2) is 25.4 Å². The van der Waals surface area contributed by atoms with E-state index in [0.717, 1.165) is 6.29 Å². The summed E-state index contributed by atoms with van der Waals surface area (Å²) in [7, 11) is 1.51. The molecule has 0 aromatic carbocycles. The Morgan fingerprint density at radius 1 is 1.45 bits per heavy atom. The van der Waals surface area contributed by atoms with Gasteiger partial charge in [0.1, 0.15) is 6.29 Å². The number of carbonyl (C=O) groups is 2. The monoisotopic (exact) mass is 158 g/mol. The minimum absolute atomic E-state index is 0.129. The molecule has 0 aliphatic heterocycles. The van der Waals surface area contributed by atoms with Crippen LogP contribution < -0.4 is 10.6 Å². The number of nitrogens with one attached hydrogen (secondary N) is 2. The zero-order chi connectivity index (χ0) is 8.85. The first-order valence-corrected chi connectivity index (χ1v) is 3.55. The van der Waals surface area contributed by atoms with E-state index < -0.39 is 6.04 Å². The molecule has 2 N–H and O–H groups in total. The zero-order valence-electron chi connectivity index (χ0n) is 7.05. The molecule has 64 valence electrons. The summed E-state index contributed by atoms with van der Waals surface area (Å²) >= 11 is 0. The summed E-state index contributed by atoms with van der Waals surface area (Å²) in [5.41, 5.74) is 0. The smallest absolute Gasteiger partial charge is 0.315 e. The molecular weight excluding hydrogens is 144 g/mol. The van der Waals surface area contributed by atoms with Crippen molar-refractivity contribution >= 4 is 12.3 Å². The summed E-state index contributed by atoms with van der Waals surface area (Å²) in [5, 5.41) is 4.87. The predicted molar refractivity (Wildman–Crippen MR) is 42.3 cm³/mol. The number of urea groups is 1. The van der Waals surface area contributed by atoms with Gasteiger partial charge in [-0.2, -0.15) is 0 Å². The van der Waals surface area contributed by atoms with Crippen LogP contribution in [0.2, 0.25) is 0 Å². The van der Waals surface area contributed by atoms with Gasteiger partial charge >= 0.3 is 6.03 Å². The highest BCUT2D eigenvalue weighted by molar-refractivity contribution is 5.77. The summed E-state index contributed by atoms with van der Waals surface area (Å²) in [6.07, 6.45) is 0.736. The molecule has 0 aromatic rings. The zero-order valence-corrected chi connectivity index (χ0v) is 7.05. The fourth-order valence-corrected chi connectivity index (χ4v) is 0.581. The molecular formula is C7H14N2O2. The van der Waals surface area contributed by atoms with Gasteiger partial charge in [-0.3, -0.25) is 0 Å². The molecule has 2 amide bonds. The van der Waals surface area contributed by atoms with E-state index in [1.54, 1.807) is 0 Å². The first kappa shape index (κ1) is 9.94. The van der Waals surface area contributed by atoms with Crippen molar-refractivity contribution in [3.8, 4) is 0 Å². The third kappa shape index (κ3) is 3.60. The van der Waals surface area contributed by atoms with Gasteiger partial charge in [-0.05, 0) is 5.92 Å². The van der Waals surface area contributed by atoms with Gasteiger partial charge in [-0.25, -0.2) is 4.79 Å². The standard InChI is InChI=1S/C7H14N2O2/c1-5(2)6(4-10)9-7(11)8-3/h4-6H,1-3H3,(H2,8,9,11). The van der Waals surface area contributed by atoms with Crippen LogP contribution in [0.25, 0.3) is 0 Å². The Bertz CT molecular complexity index is 145. The van der Waals surface area contributed by atoms with Gasteiger partial charge in [0.2, 0.25) is 0 Å². The molecule has 0 heterocycles. The van der Waals surface area contributed by atoms with Gasteiger partial charge in [0.25, 0.3) is 0 Å². The Balaban J connectivity index is 3.87. The van der Waals surface area contributed by atoms with Gasteiger partial charge in [-0.15, -0.1) is 0 Å². The number of hydrogen-bond acceptors (Lipinski definition) is 2. The fourth-order valence-electron chi connectivity index (χ4n) is 0.581. The Labute approximate surface area is 66.4 Å². The topological polar surface area (TPSA) is 58.2 Å². The van der Waals surface area contributed by atoms with Crippen LogP contribution in [0.4, 0.5) is 4.79 Å². The Hall–Kier alpha value is -1.06. The lowest BCUT2D eigenvalue weighted by Gasteiger charge is -2.15. The Kier molecular flexibility index (Phi) is 4.26. The molecule has 0 aliphatic rings. The van der Waals surface area contributed by atoms with Crippen LogP contribution in [0.5, 0.6) is 0 Å². The maximum absolute atomic E-state index is 10.7. The van der Waals surface area contributed by atoms with Crippen molar-refractivity contribution in [3.05, 3.63) is 0 Å². The highest BCUT2D eigenvalue weighted by Gasteiger charge is 2.13. The lowest BCUT2D eigenvalue weighted by molar-refractivity contribution is -0.110. The van der Waals surface area contributed by atoms with Crippen molar-refractivity contribution in [3.63, 3.8) is 0 Å². The molecule has 0 radical (unpaired) electrons. The average Bonchev–Trinajstić information content (AvgIpc) is 1.99. The van der Waals surface area contributed by atoms with E-state index in [4.69, 9.17) is 0 Å². The van der Waals surface area contributed by atoms with E-state index in [1.807, 2.05) is 13.8 Å². The van der Waals surface area contributed by atoms with Crippen molar-refractivity contribution in [1.29, 1.82) is 0 Å². The quantitative estimate of drug-likeness (QED) is 0.574. The molecule has 4 heteroatoms. The second-order valence-electron chi connectivity index (χ2n) is 2.63. The van der Waals surface area contributed by atoms with E-state index in [-0.39, 0.29) is 11.9 Å². The second kappa shape index (κ2) is 4.71. The van der Waals surface area contributed by atoms with Crippen molar-refractivity contribution in [2.45, 2.75) is 19.9 Å². The predicted octanol–water partition coefficient (Wildman–Crippen LogP) is 0.139. The maximum atomic E-state index is 10.7. The highest BCUT2D eigenvalue weighted by Crippen LogP contribution is 1.97. The van der Waals surface area contributed by atoms with Crippen LogP contribution in [-0.2, 0) is 4.79 Å². The fraction of sp³-hybridized carbons (Fsp3) is 0.714. The lowest BCUT2D eigenvalue weighted by Crippen LogP contribution is -2.44. The summed E-state index contributed by atoms with van der Waals surface area (Å²) in [5.74, 6) is 0.129. The molecule has 0 aromatic heterocycles. The minimum Gasteiger partial charge on any atom is -0.341 e. The molecule has 0 saturated heterocycles. The summed E-state index contributed by atoms with van der Waals surface area (Å²) in [6, 6.07) is -0.717. The summed E-state index contributed by atoms with van der Waals surface area (Å²) in [4.78, 5) is 21.1. The van der Waals surface area contributed by atoms with E-state index in [1.165, 1.54) is 7.05 Å². The maximum Gasteiger partial charge on any atom is 0.315 e. The van der Waals surface area contributed by atoms with Crippen LogP contribution in [0.15, 0.2) is 0 Å². The molecule has 11 heavy (non-hydrogen) atoms. The molecule has 1 atom stereocenters. The molecule has 0 saturated carbocycles. The second-order valence-corrected chi connectivity index (χ2v) is 2.63. The SMILES string of the molecule is CNC(=O)NC(C=O)C(C)C. The Morgan fingerprint density at radius 2 is 2.00 bits per heavy atom. The molecule has 4 nitrogen and oxygen atoms in total. The van der Waals surface area contributed by atoms with E-state index in [9.17, 15) is 9.59 Å². The molecule has 0 bridgehead atoms. The normalized spacial score (nSPS) is 12.4. The van der Waals surface area contributed by atoms with Crippen LogP contribution in [0, 0.1) is 5.92 Å². The van der Waals surface area contributed by atoms with Crippen molar-refractivity contribution in [2.24, 2.45) is 5.92 Å². The molecule has 0 spiro atoms. The van der Waals surface area contributed by atoms with Crippen LogP contribution in [0.3, 0.4) is 0 Å². The average molecular weight is 158 g/mol. The van der Waals surface area contributed by atoms with Gasteiger partial charge in [-0.1, -0.05) is 13.8 Å². The van der Waals surface area contributed by atoms with E-state index in [0.29, 0.717) is 0 Å². The number of hydrogen-bond donors (Lipinski definition) is 2. The summed E-state index contributed by atoms with van der Waals surface area (Å²) in [6.45, 7) is 3.74. The van der Waals surface area contributed by atoms with E-state index >= 15 is 0 Å². The van der Waals surface area contributed by atoms with Crippen molar-refractivity contribution in [1.82, 2.24) is 10.6 Å². The first-order valence-electron chi connectivity index (χ1n) is 3.55. The van der Waals surface area contributed by atoms with E-state index in [2.05, 4.69) is 10.6 Å². The summed E-state index contributed by atoms with van der Waals surface area (Å²) < 4.78 is 0. The lowest BCUT2D eigenvalue weighted by atomic mass is 10.1. The van der Waals surface area contributed by atoms with Crippen LogP contribution >= 0.6 is 0 Å². The molecule has 1 unspecified atom stereocenters. The number of carbonyl (C=O) groups excluding carboxylic acids is 2. The molecule has 0 fully saturated rings. The van der Waals surface area contributed by atoms with Gasteiger partial charge in [0.05, 0.1) is 6.04 Å². The van der Waals surface area contributed by atoms with Crippen LogP contribution in [0.1, 0.15) is 13.8 Å². The van der Waals surface area contributed by atoms with Crippen molar-refractivity contribution in [2.75, 3.05) is 7.05 Å². The third-order valence-corrected chi connectivity index (χ3v) is 1.39. The third-order valence-electron chi connectivity index (χ3n) is 1.39. The van der Waals surface area contributed by atoms with Crippen molar-refractivity contribution < 1.29 is 9.59 Å². The molecule has 0 aliphatic carbocycles. The first-order chi connectivity index (χ1) is 5.11. The number of aldehydes is 1.